The third-order valence-corrected chi connectivity index (χ3v) is 3.59. The van der Waals surface area contributed by atoms with Gasteiger partial charge in [0.15, 0.2) is 0 Å². The molecule has 0 fully saturated rings. The Morgan fingerprint density at radius 2 is 2.26 bits per heavy atom. The number of carboxylic acids is 1. The van der Waals surface area contributed by atoms with Gasteiger partial charge in [0.2, 0.25) is 0 Å². The van der Waals surface area contributed by atoms with Crippen LogP contribution in [-0.4, -0.2) is 42.7 Å². The van der Waals surface area contributed by atoms with Crippen LogP contribution in [0.3, 0.4) is 0 Å². The quantitative estimate of drug-likeness (QED) is 0.882. The summed E-state index contributed by atoms with van der Waals surface area (Å²) in [6.45, 7) is 0.800. The Labute approximate surface area is 114 Å². The van der Waals surface area contributed by atoms with Crippen LogP contribution < -0.4 is 4.74 Å². The molecule has 0 aliphatic carbocycles. The minimum absolute atomic E-state index is 0.424. The van der Waals surface area contributed by atoms with Gasteiger partial charge < -0.3 is 9.84 Å². The van der Waals surface area contributed by atoms with Crippen molar-refractivity contribution in [1.82, 2.24) is 4.90 Å². The van der Waals surface area contributed by atoms with Gasteiger partial charge in [-0.05, 0) is 57.0 Å². The van der Waals surface area contributed by atoms with Crippen LogP contribution in [0, 0.1) is 0 Å². The highest BCUT2D eigenvalue weighted by atomic mass is 16.5. The highest BCUT2D eigenvalue weighted by Crippen LogP contribution is 2.26. The van der Waals surface area contributed by atoms with Gasteiger partial charge >= 0.3 is 5.97 Å². The smallest absolute Gasteiger partial charge is 0.320 e. The number of rotatable bonds is 5. The van der Waals surface area contributed by atoms with Crippen molar-refractivity contribution in [1.29, 1.82) is 0 Å². The Hall–Kier alpha value is -1.55. The van der Waals surface area contributed by atoms with Gasteiger partial charge in [0.05, 0.1) is 6.61 Å². The van der Waals surface area contributed by atoms with Crippen LogP contribution in [-0.2, 0) is 17.6 Å². The van der Waals surface area contributed by atoms with E-state index in [1.54, 1.807) is 19.0 Å². The molecule has 0 amide bonds. The Morgan fingerprint density at radius 1 is 1.47 bits per heavy atom. The Bertz CT molecular complexity index is 457. The summed E-state index contributed by atoms with van der Waals surface area (Å²) in [4.78, 5) is 12.9. The largest absolute Gasteiger partial charge is 0.493 e. The first-order valence-electron chi connectivity index (χ1n) is 6.72. The number of fused-ring (bicyclic) bond motifs is 1. The summed E-state index contributed by atoms with van der Waals surface area (Å²) in [6.07, 6.45) is 3.52. The van der Waals surface area contributed by atoms with Crippen molar-refractivity contribution in [3.05, 3.63) is 29.3 Å². The lowest BCUT2D eigenvalue weighted by Gasteiger charge is -2.21. The molecule has 1 aliphatic rings. The maximum absolute atomic E-state index is 11.1. The van der Waals surface area contributed by atoms with Gasteiger partial charge in [-0.1, -0.05) is 12.1 Å². The molecular formula is C15H21NO3. The molecule has 0 bridgehead atoms. The van der Waals surface area contributed by atoms with Gasteiger partial charge in [0, 0.05) is 0 Å². The van der Waals surface area contributed by atoms with E-state index >= 15 is 0 Å². The molecule has 4 nitrogen and oxygen atoms in total. The molecule has 1 N–H and O–H groups in total. The molecule has 1 heterocycles. The Balaban J connectivity index is 2.01. The number of hydrogen-bond acceptors (Lipinski definition) is 3. The van der Waals surface area contributed by atoms with Crippen molar-refractivity contribution in [3.8, 4) is 5.75 Å². The SMILES string of the molecule is CN(C)C(CCc1ccc2c(c1)CCCO2)C(=O)O. The Morgan fingerprint density at radius 3 is 2.95 bits per heavy atom. The van der Waals surface area contributed by atoms with Crippen LogP contribution in [0.5, 0.6) is 5.75 Å². The number of benzene rings is 1. The monoisotopic (exact) mass is 263 g/mol. The molecule has 1 aromatic carbocycles. The Kier molecular flexibility index (Phi) is 4.43. The second-order valence-electron chi connectivity index (χ2n) is 5.25. The molecule has 2 rings (SSSR count). The van der Waals surface area contributed by atoms with Crippen molar-refractivity contribution in [2.45, 2.75) is 31.7 Å². The maximum Gasteiger partial charge on any atom is 0.320 e. The summed E-state index contributed by atoms with van der Waals surface area (Å²) in [5.41, 5.74) is 2.44. The van der Waals surface area contributed by atoms with Crippen LogP contribution in [0.4, 0.5) is 0 Å². The van der Waals surface area contributed by atoms with E-state index in [1.807, 2.05) is 12.1 Å². The number of carboxylic acid groups (broad SMARTS) is 1. The summed E-state index contributed by atoms with van der Waals surface area (Å²) in [7, 11) is 3.61. The number of aliphatic carboxylic acids is 1. The first-order valence-corrected chi connectivity index (χ1v) is 6.72. The van der Waals surface area contributed by atoms with E-state index in [0.717, 1.165) is 31.6 Å². The lowest BCUT2D eigenvalue weighted by molar-refractivity contribution is -0.142. The van der Waals surface area contributed by atoms with E-state index in [9.17, 15) is 4.79 Å². The second-order valence-corrected chi connectivity index (χ2v) is 5.25. The molecule has 1 atom stereocenters. The van der Waals surface area contributed by atoms with Gasteiger partial charge in [-0.15, -0.1) is 0 Å². The van der Waals surface area contributed by atoms with E-state index in [2.05, 4.69) is 6.07 Å². The summed E-state index contributed by atoms with van der Waals surface area (Å²) >= 11 is 0. The number of carbonyl (C=O) groups is 1. The number of ether oxygens (including phenoxy) is 1. The predicted molar refractivity (Wildman–Crippen MR) is 73.7 cm³/mol. The van der Waals surface area contributed by atoms with Gasteiger partial charge in [-0.3, -0.25) is 9.69 Å². The molecule has 4 heteroatoms. The topological polar surface area (TPSA) is 49.8 Å². The molecule has 1 aliphatic heterocycles. The third kappa shape index (κ3) is 3.47. The number of likely N-dealkylation sites (N-methyl/N-ethyl adjacent to an activating group) is 1. The molecular weight excluding hydrogens is 242 g/mol. The average molecular weight is 263 g/mol. The normalized spacial score (nSPS) is 15.7. The van der Waals surface area contributed by atoms with Crippen LogP contribution in [0.25, 0.3) is 0 Å². The third-order valence-electron chi connectivity index (χ3n) is 3.59. The van der Waals surface area contributed by atoms with E-state index in [4.69, 9.17) is 9.84 Å². The zero-order chi connectivity index (χ0) is 13.8. The van der Waals surface area contributed by atoms with Gasteiger partial charge in [0.1, 0.15) is 11.8 Å². The molecule has 0 aromatic heterocycles. The van der Waals surface area contributed by atoms with Gasteiger partial charge in [-0.2, -0.15) is 0 Å². The highest BCUT2D eigenvalue weighted by Gasteiger charge is 2.19. The lowest BCUT2D eigenvalue weighted by Crippen LogP contribution is -2.35. The minimum Gasteiger partial charge on any atom is -0.493 e. The van der Waals surface area contributed by atoms with Crippen molar-refractivity contribution < 1.29 is 14.6 Å². The molecule has 19 heavy (non-hydrogen) atoms. The molecule has 1 aromatic rings. The summed E-state index contributed by atoms with van der Waals surface area (Å²) in [5.74, 6) is 0.226. The maximum atomic E-state index is 11.1. The summed E-state index contributed by atoms with van der Waals surface area (Å²) < 4.78 is 5.58. The number of hydrogen-bond donors (Lipinski definition) is 1. The van der Waals surface area contributed by atoms with Crippen LogP contribution in [0.15, 0.2) is 18.2 Å². The van der Waals surface area contributed by atoms with Crippen molar-refractivity contribution in [2.75, 3.05) is 20.7 Å². The van der Waals surface area contributed by atoms with Crippen LogP contribution in [0.1, 0.15) is 24.0 Å². The minimum atomic E-state index is -0.758. The number of nitrogens with zero attached hydrogens (tertiary/aromatic N) is 1. The van der Waals surface area contributed by atoms with Crippen molar-refractivity contribution in [2.24, 2.45) is 0 Å². The predicted octanol–water partition coefficient (Wildman–Crippen LogP) is 1.96. The molecule has 104 valence electrons. The van der Waals surface area contributed by atoms with Crippen molar-refractivity contribution >= 4 is 5.97 Å². The van der Waals surface area contributed by atoms with Gasteiger partial charge in [0.25, 0.3) is 0 Å². The van der Waals surface area contributed by atoms with Crippen LogP contribution in [0.2, 0.25) is 0 Å². The fourth-order valence-corrected chi connectivity index (χ4v) is 2.48. The van der Waals surface area contributed by atoms with Crippen LogP contribution >= 0.6 is 0 Å². The standard InChI is InChI=1S/C15H21NO3/c1-16(2)13(15(17)18)7-5-11-6-8-14-12(10-11)4-3-9-19-14/h6,8,10,13H,3-5,7,9H2,1-2H3,(H,17,18). The first kappa shape index (κ1) is 13.9. The summed E-state index contributed by atoms with van der Waals surface area (Å²) in [6, 6.07) is 5.78. The molecule has 0 spiro atoms. The highest BCUT2D eigenvalue weighted by molar-refractivity contribution is 5.73. The van der Waals surface area contributed by atoms with Gasteiger partial charge in [-0.25, -0.2) is 0 Å². The second kappa shape index (κ2) is 6.06. The fraction of sp³-hybridized carbons (Fsp3) is 0.533. The zero-order valence-electron chi connectivity index (χ0n) is 11.6. The van der Waals surface area contributed by atoms with Crippen molar-refractivity contribution in [3.63, 3.8) is 0 Å². The number of aryl methyl sites for hydroxylation is 2. The lowest BCUT2D eigenvalue weighted by atomic mass is 9.99. The first-order chi connectivity index (χ1) is 9.08. The van der Waals surface area contributed by atoms with E-state index in [1.165, 1.54) is 11.1 Å². The fourth-order valence-electron chi connectivity index (χ4n) is 2.48. The van der Waals surface area contributed by atoms with E-state index < -0.39 is 12.0 Å². The molecule has 0 saturated heterocycles. The van der Waals surface area contributed by atoms with E-state index in [0.29, 0.717) is 6.42 Å². The average Bonchev–Trinajstić information content (AvgIpc) is 2.38. The molecule has 1 unspecified atom stereocenters. The summed E-state index contributed by atoms with van der Waals surface area (Å²) in [5, 5.41) is 9.15. The zero-order valence-corrected chi connectivity index (χ0v) is 11.6. The van der Waals surface area contributed by atoms with E-state index in [-0.39, 0.29) is 0 Å². The molecule has 0 saturated carbocycles. The molecule has 0 radical (unpaired) electrons.